The molecule has 2 radical (unpaired) electrons. The fourth-order valence-electron chi connectivity index (χ4n) is 1.65. The Balaban J connectivity index is 2.55. The minimum Gasteiger partial charge on any atom is -0.507 e. The number of nitrogens with zero attached hydrogens (tertiary/aromatic N) is 2. The van der Waals surface area contributed by atoms with E-state index in [2.05, 4.69) is 10.2 Å². The highest BCUT2D eigenvalue weighted by atomic mass is 16.3. The van der Waals surface area contributed by atoms with Crippen molar-refractivity contribution in [1.29, 1.82) is 0 Å². The van der Waals surface area contributed by atoms with Crippen LogP contribution in [-0.2, 0) is 6.42 Å². The predicted octanol–water partition coefficient (Wildman–Crippen LogP) is 0.788. The molecule has 2 rings (SSSR count). The molecule has 17 heavy (non-hydrogen) atoms. The van der Waals surface area contributed by atoms with Crippen LogP contribution in [0.2, 0.25) is 0 Å². The first-order valence-corrected chi connectivity index (χ1v) is 5.32. The van der Waals surface area contributed by atoms with Gasteiger partial charge in [-0.1, -0.05) is 6.92 Å². The molecule has 1 heterocycles. The maximum Gasteiger partial charge on any atom is 0.144 e. The standard InChI is InChI=1S/C12H12BN3O/c1-2-7-5-8(11(17)6-9(7)14)10-3-4-12(13)16-15-10/h3-6,17H,2,14H2,1H3. The summed E-state index contributed by atoms with van der Waals surface area (Å²) in [5, 5.41) is 17.6. The second-order valence-electron chi connectivity index (χ2n) is 3.77. The van der Waals surface area contributed by atoms with E-state index in [1.807, 2.05) is 13.0 Å². The molecule has 0 saturated carbocycles. The number of nitrogens with two attached hydrogens (primary N) is 1. The Morgan fingerprint density at radius 2 is 2.06 bits per heavy atom. The van der Waals surface area contributed by atoms with E-state index < -0.39 is 0 Å². The van der Waals surface area contributed by atoms with Gasteiger partial charge in [-0.05, 0) is 30.2 Å². The van der Waals surface area contributed by atoms with Crippen LogP contribution in [0, 0.1) is 0 Å². The molecule has 1 aromatic heterocycles. The first kappa shape index (κ1) is 11.5. The number of benzene rings is 1. The highest BCUT2D eigenvalue weighted by Gasteiger charge is 2.09. The number of hydrogen-bond donors (Lipinski definition) is 2. The van der Waals surface area contributed by atoms with Gasteiger partial charge in [-0.15, -0.1) is 0 Å². The van der Waals surface area contributed by atoms with Gasteiger partial charge in [0.2, 0.25) is 0 Å². The van der Waals surface area contributed by atoms with E-state index in [1.165, 1.54) is 6.07 Å². The van der Waals surface area contributed by atoms with Crippen molar-refractivity contribution in [1.82, 2.24) is 10.2 Å². The van der Waals surface area contributed by atoms with Gasteiger partial charge in [-0.3, -0.25) is 0 Å². The molecule has 0 saturated heterocycles. The van der Waals surface area contributed by atoms with E-state index in [-0.39, 0.29) is 5.75 Å². The van der Waals surface area contributed by atoms with Gasteiger partial charge in [0.05, 0.1) is 5.69 Å². The quantitative estimate of drug-likeness (QED) is 0.585. The van der Waals surface area contributed by atoms with E-state index in [0.29, 0.717) is 22.5 Å². The molecule has 0 unspecified atom stereocenters. The summed E-state index contributed by atoms with van der Waals surface area (Å²) in [7, 11) is 5.47. The molecular formula is C12H12BN3O. The van der Waals surface area contributed by atoms with Gasteiger partial charge in [0.25, 0.3) is 0 Å². The second-order valence-corrected chi connectivity index (χ2v) is 3.77. The Labute approximate surface area is 101 Å². The van der Waals surface area contributed by atoms with Gasteiger partial charge in [0.15, 0.2) is 0 Å². The maximum absolute atomic E-state index is 9.86. The summed E-state index contributed by atoms with van der Waals surface area (Å²) in [5.74, 6) is 0.0961. The average Bonchev–Trinajstić information content (AvgIpc) is 2.31. The number of anilines is 1. The van der Waals surface area contributed by atoms with Crippen molar-refractivity contribution in [2.24, 2.45) is 0 Å². The van der Waals surface area contributed by atoms with E-state index in [4.69, 9.17) is 13.6 Å². The third-order valence-electron chi connectivity index (χ3n) is 2.60. The van der Waals surface area contributed by atoms with Gasteiger partial charge < -0.3 is 10.8 Å². The number of aromatic hydroxyl groups is 1. The molecule has 3 N–H and O–H groups in total. The van der Waals surface area contributed by atoms with Crippen molar-refractivity contribution in [2.75, 3.05) is 5.73 Å². The molecule has 0 spiro atoms. The maximum atomic E-state index is 9.86. The Morgan fingerprint density at radius 3 is 2.65 bits per heavy atom. The number of nitrogen functional groups attached to an aromatic ring is 1. The van der Waals surface area contributed by atoms with Gasteiger partial charge in [-0.2, -0.15) is 10.2 Å². The summed E-state index contributed by atoms with van der Waals surface area (Å²) in [6, 6.07) is 6.72. The Morgan fingerprint density at radius 1 is 1.29 bits per heavy atom. The number of phenols is 1. The summed E-state index contributed by atoms with van der Waals surface area (Å²) >= 11 is 0. The van der Waals surface area contributed by atoms with Crippen LogP contribution in [-0.4, -0.2) is 23.2 Å². The van der Waals surface area contributed by atoms with Crippen molar-refractivity contribution in [3.05, 3.63) is 29.8 Å². The van der Waals surface area contributed by atoms with E-state index >= 15 is 0 Å². The van der Waals surface area contributed by atoms with Gasteiger partial charge in [-0.25, -0.2) is 0 Å². The molecule has 84 valence electrons. The third kappa shape index (κ3) is 2.23. The number of phenolic OH excluding ortho intramolecular Hbond substituents is 1. The van der Waals surface area contributed by atoms with Crippen LogP contribution in [0.25, 0.3) is 11.3 Å². The van der Waals surface area contributed by atoms with Crippen LogP contribution in [0.3, 0.4) is 0 Å². The molecule has 0 aliphatic heterocycles. The predicted molar refractivity (Wildman–Crippen MR) is 68.3 cm³/mol. The minimum atomic E-state index is 0.0961. The van der Waals surface area contributed by atoms with Crippen LogP contribution in [0.1, 0.15) is 12.5 Å². The highest BCUT2D eigenvalue weighted by Crippen LogP contribution is 2.31. The third-order valence-corrected chi connectivity index (χ3v) is 2.60. The van der Waals surface area contributed by atoms with Crippen LogP contribution in [0.5, 0.6) is 5.75 Å². The van der Waals surface area contributed by atoms with Gasteiger partial charge in [0.1, 0.15) is 13.6 Å². The first-order valence-electron chi connectivity index (χ1n) is 5.32. The highest BCUT2D eigenvalue weighted by molar-refractivity contribution is 6.30. The summed E-state index contributed by atoms with van der Waals surface area (Å²) in [6.07, 6.45) is 0.793. The molecule has 0 aliphatic carbocycles. The first-order chi connectivity index (χ1) is 8.11. The van der Waals surface area contributed by atoms with Crippen molar-refractivity contribution >= 4 is 19.1 Å². The molecule has 1 aromatic carbocycles. The largest absolute Gasteiger partial charge is 0.507 e. The average molecular weight is 225 g/mol. The normalized spacial score (nSPS) is 10.4. The van der Waals surface area contributed by atoms with E-state index in [0.717, 1.165) is 12.0 Å². The second kappa shape index (κ2) is 4.45. The van der Waals surface area contributed by atoms with Crippen LogP contribution in [0.15, 0.2) is 24.3 Å². The molecule has 0 aliphatic rings. The Bertz CT molecular complexity index is 540. The van der Waals surface area contributed by atoms with E-state index in [1.54, 1.807) is 12.1 Å². The minimum absolute atomic E-state index is 0.0961. The molecule has 0 atom stereocenters. The lowest BCUT2D eigenvalue weighted by atomic mass is 10.0. The zero-order valence-corrected chi connectivity index (χ0v) is 9.51. The zero-order chi connectivity index (χ0) is 12.4. The monoisotopic (exact) mass is 225 g/mol. The topological polar surface area (TPSA) is 72.0 Å². The summed E-state index contributed by atoms with van der Waals surface area (Å²) < 4.78 is 0. The van der Waals surface area contributed by atoms with Crippen molar-refractivity contribution in [3.63, 3.8) is 0 Å². The summed E-state index contributed by atoms with van der Waals surface area (Å²) in [6.45, 7) is 2.00. The Kier molecular flexibility index (Phi) is 3.00. The smallest absolute Gasteiger partial charge is 0.144 e. The lowest BCUT2D eigenvalue weighted by molar-refractivity contribution is 0.477. The summed E-state index contributed by atoms with van der Waals surface area (Å²) in [4.78, 5) is 0. The lowest BCUT2D eigenvalue weighted by Crippen LogP contribution is -2.09. The van der Waals surface area contributed by atoms with Crippen molar-refractivity contribution in [3.8, 4) is 17.0 Å². The number of aromatic nitrogens is 2. The zero-order valence-electron chi connectivity index (χ0n) is 9.51. The number of aryl methyl sites for hydroxylation is 1. The fourth-order valence-corrected chi connectivity index (χ4v) is 1.65. The molecule has 4 nitrogen and oxygen atoms in total. The van der Waals surface area contributed by atoms with Crippen LogP contribution in [0.4, 0.5) is 5.69 Å². The van der Waals surface area contributed by atoms with E-state index in [9.17, 15) is 5.11 Å². The molecule has 0 fully saturated rings. The molecule has 5 heteroatoms. The van der Waals surface area contributed by atoms with Crippen molar-refractivity contribution < 1.29 is 5.11 Å². The lowest BCUT2D eigenvalue weighted by Gasteiger charge is -2.09. The van der Waals surface area contributed by atoms with Crippen molar-refractivity contribution in [2.45, 2.75) is 13.3 Å². The molecule has 0 amide bonds. The number of hydrogen-bond acceptors (Lipinski definition) is 4. The summed E-state index contributed by atoms with van der Waals surface area (Å²) in [5.41, 5.74) is 8.87. The van der Waals surface area contributed by atoms with Crippen LogP contribution < -0.4 is 11.3 Å². The van der Waals surface area contributed by atoms with Gasteiger partial charge in [0, 0.05) is 22.9 Å². The number of rotatable bonds is 2. The Hall–Kier alpha value is -2.04. The fraction of sp³-hybridized carbons (Fsp3) is 0.167. The SMILES string of the molecule is [B]c1ccc(-c2cc(CC)c(N)cc2O)nn1. The van der Waals surface area contributed by atoms with Gasteiger partial charge >= 0.3 is 0 Å². The molecular weight excluding hydrogens is 213 g/mol. The molecule has 2 aromatic rings. The van der Waals surface area contributed by atoms with Crippen LogP contribution >= 0.6 is 0 Å². The molecule has 0 bridgehead atoms.